The molecule has 1 spiro atoms. The first-order valence-electron chi connectivity index (χ1n) is 6.54. The molecule has 19 heavy (non-hydrogen) atoms. The fourth-order valence-corrected chi connectivity index (χ4v) is 3.11. The summed E-state index contributed by atoms with van der Waals surface area (Å²) in [5, 5.41) is 0. The van der Waals surface area contributed by atoms with Crippen molar-refractivity contribution in [2.75, 3.05) is 13.2 Å². The zero-order chi connectivity index (χ0) is 13.5. The second-order valence-corrected chi connectivity index (χ2v) is 5.18. The Balaban J connectivity index is 1.85. The van der Waals surface area contributed by atoms with Crippen molar-refractivity contribution in [3.8, 4) is 0 Å². The average Bonchev–Trinajstić information content (AvgIpc) is 2.97. The molecule has 0 N–H and O–H groups in total. The number of likely N-dealkylation sites (tertiary alicyclic amines) is 1. The number of ether oxygens (including phenoxy) is 1. The van der Waals surface area contributed by atoms with E-state index >= 15 is 0 Å². The van der Waals surface area contributed by atoms with Gasteiger partial charge in [0.05, 0.1) is 12.0 Å². The number of carbonyl (C=O) groups is 2. The minimum Gasteiger partial charge on any atom is -0.465 e. The van der Waals surface area contributed by atoms with Crippen molar-refractivity contribution in [1.82, 2.24) is 9.88 Å². The number of carbonyl (C=O) groups excluding carboxylic acids is 2. The number of hydrogen-bond acceptors (Lipinski definition) is 4. The smallest absolute Gasteiger partial charge is 0.314 e. The van der Waals surface area contributed by atoms with E-state index < -0.39 is 5.41 Å². The van der Waals surface area contributed by atoms with E-state index in [4.69, 9.17) is 4.74 Å². The van der Waals surface area contributed by atoms with Gasteiger partial charge < -0.3 is 9.64 Å². The maximum absolute atomic E-state index is 12.4. The molecule has 0 radical (unpaired) electrons. The molecule has 5 heteroatoms. The zero-order valence-electron chi connectivity index (χ0n) is 10.8. The summed E-state index contributed by atoms with van der Waals surface area (Å²) in [5.41, 5.74) is -0.0671. The van der Waals surface area contributed by atoms with Crippen LogP contribution in [0.1, 0.15) is 30.3 Å². The Hall–Kier alpha value is -1.91. The summed E-state index contributed by atoms with van der Waals surface area (Å²) >= 11 is 0. The van der Waals surface area contributed by atoms with E-state index in [0.717, 1.165) is 0 Å². The molecule has 1 amide bonds. The molecular formula is C14H16N2O3. The van der Waals surface area contributed by atoms with E-state index in [1.54, 1.807) is 29.3 Å². The molecule has 2 fully saturated rings. The topological polar surface area (TPSA) is 59.5 Å². The van der Waals surface area contributed by atoms with Crippen LogP contribution in [0, 0.1) is 5.41 Å². The highest BCUT2D eigenvalue weighted by Crippen LogP contribution is 2.44. The monoisotopic (exact) mass is 260 g/mol. The predicted molar refractivity (Wildman–Crippen MR) is 67.4 cm³/mol. The Morgan fingerprint density at radius 3 is 2.95 bits per heavy atom. The van der Waals surface area contributed by atoms with Crippen molar-refractivity contribution in [2.45, 2.75) is 25.8 Å². The molecule has 1 aromatic rings. The van der Waals surface area contributed by atoms with E-state index in [-0.39, 0.29) is 17.9 Å². The molecule has 3 rings (SSSR count). The van der Waals surface area contributed by atoms with Crippen LogP contribution in [0.25, 0.3) is 0 Å². The largest absolute Gasteiger partial charge is 0.465 e. The third-order valence-electron chi connectivity index (χ3n) is 4.40. The molecule has 2 aliphatic rings. The molecule has 2 aliphatic heterocycles. The summed E-state index contributed by atoms with van der Waals surface area (Å²) in [6.07, 6.45) is 3.00. The molecular weight excluding hydrogens is 244 g/mol. The molecule has 0 aromatic carbocycles. The molecule has 0 bridgehead atoms. The van der Waals surface area contributed by atoms with Crippen molar-refractivity contribution in [2.24, 2.45) is 5.41 Å². The van der Waals surface area contributed by atoms with Gasteiger partial charge in [0, 0.05) is 18.8 Å². The van der Waals surface area contributed by atoms with Crippen LogP contribution in [0.5, 0.6) is 0 Å². The van der Waals surface area contributed by atoms with Gasteiger partial charge in [-0.3, -0.25) is 14.6 Å². The van der Waals surface area contributed by atoms with Crippen LogP contribution < -0.4 is 0 Å². The van der Waals surface area contributed by atoms with Gasteiger partial charge in [-0.25, -0.2) is 0 Å². The number of hydrogen-bond donors (Lipinski definition) is 0. The molecule has 1 aromatic heterocycles. The summed E-state index contributed by atoms with van der Waals surface area (Å²) in [6.45, 7) is 2.99. The van der Waals surface area contributed by atoms with Crippen LogP contribution in [0.2, 0.25) is 0 Å². The highest BCUT2D eigenvalue weighted by atomic mass is 16.5. The SMILES string of the molecule is C[C@@H]1N(C(=O)c2ccccn2)CC[C@]12CCOC2=O. The molecule has 2 saturated heterocycles. The van der Waals surface area contributed by atoms with Crippen molar-refractivity contribution < 1.29 is 14.3 Å². The van der Waals surface area contributed by atoms with Gasteiger partial charge in [0.25, 0.3) is 5.91 Å². The molecule has 0 saturated carbocycles. The zero-order valence-corrected chi connectivity index (χ0v) is 10.8. The van der Waals surface area contributed by atoms with Crippen LogP contribution >= 0.6 is 0 Å². The lowest BCUT2D eigenvalue weighted by molar-refractivity contribution is -0.146. The Morgan fingerprint density at radius 1 is 1.47 bits per heavy atom. The Labute approximate surface area is 111 Å². The lowest BCUT2D eigenvalue weighted by Gasteiger charge is -2.28. The van der Waals surface area contributed by atoms with Crippen molar-refractivity contribution in [3.05, 3.63) is 30.1 Å². The van der Waals surface area contributed by atoms with E-state index in [9.17, 15) is 9.59 Å². The number of pyridine rings is 1. The second kappa shape index (κ2) is 4.33. The lowest BCUT2D eigenvalue weighted by atomic mass is 9.80. The molecule has 5 nitrogen and oxygen atoms in total. The van der Waals surface area contributed by atoms with Crippen LogP contribution in [0.3, 0.4) is 0 Å². The average molecular weight is 260 g/mol. The highest BCUT2D eigenvalue weighted by molar-refractivity contribution is 5.93. The van der Waals surface area contributed by atoms with Crippen LogP contribution in [-0.2, 0) is 9.53 Å². The molecule has 0 unspecified atom stereocenters. The number of nitrogens with zero attached hydrogens (tertiary/aromatic N) is 2. The normalized spacial score (nSPS) is 29.8. The second-order valence-electron chi connectivity index (χ2n) is 5.18. The third-order valence-corrected chi connectivity index (χ3v) is 4.40. The molecule has 3 heterocycles. The number of cyclic esters (lactones) is 1. The summed E-state index contributed by atoms with van der Waals surface area (Å²) < 4.78 is 5.10. The van der Waals surface area contributed by atoms with Gasteiger partial charge in [-0.2, -0.15) is 0 Å². The number of amides is 1. The maximum Gasteiger partial charge on any atom is 0.314 e. The summed E-state index contributed by atoms with van der Waals surface area (Å²) in [4.78, 5) is 30.2. The first-order valence-corrected chi connectivity index (χ1v) is 6.54. The van der Waals surface area contributed by atoms with Crippen LogP contribution in [0.4, 0.5) is 0 Å². The summed E-state index contributed by atoms with van der Waals surface area (Å²) in [6, 6.07) is 5.14. The van der Waals surface area contributed by atoms with E-state index in [2.05, 4.69) is 4.98 Å². The lowest BCUT2D eigenvalue weighted by Crippen LogP contribution is -2.43. The molecule has 0 aliphatic carbocycles. The van der Waals surface area contributed by atoms with E-state index in [1.165, 1.54) is 0 Å². The van der Waals surface area contributed by atoms with E-state index in [1.807, 2.05) is 6.92 Å². The van der Waals surface area contributed by atoms with Crippen molar-refractivity contribution >= 4 is 11.9 Å². The maximum atomic E-state index is 12.4. The van der Waals surface area contributed by atoms with E-state index in [0.29, 0.717) is 31.7 Å². The van der Waals surface area contributed by atoms with Gasteiger partial charge in [0.1, 0.15) is 5.69 Å². The van der Waals surface area contributed by atoms with Gasteiger partial charge in [0.15, 0.2) is 0 Å². The summed E-state index contributed by atoms with van der Waals surface area (Å²) in [7, 11) is 0. The quantitative estimate of drug-likeness (QED) is 0.713. The van der Waals surface area contributed by atoms with Gasteiger partial charge in [-0.1, -0.05) is 6.07 Å². The van der Waals surface area contributed by atoms with Gasteiger partial charge >= 0.3 is 5.97 Å². The Morgan fingerprint density at radius 2 is 2.32 bits per heavy atom. The highest BCUT2D eigenvalue weighted by Gasteiger charge is 2.55. The Bertz CT molecular complexity index is 517. The van der Waals surface area contributed by atoms with Crippen molar-refractivity contribution in [1.29, 1.82) is 0 Å². The summed E-state index contributed by atoms with van der Waals surface area (Å²) in [5.74, 6) is -0.263. The fraction of sp³-hybridized carbons (Fsp3) is 0.500. The van der Waals surface area contributed by atoms with Gasteiger partial charge in [-0.05, 0) is 31.9 Å². The first-order chi connectivity index (χ1) is 9.15. The molecule has 2 atom stereocenters. The van der Waals surface area contributed by atoms with Gasteiger partial charge in [-0.15, -0.1) is 0 Å². The standard InChI is InChI=1S/C14H16N2O3/c1-10-14(6-9-19-13(14)18)5-8-16(10)12(17)11-4-2-3-7-15-11/h2-4,7,10H,5-6,8-9H2,1H3/t10-,14-/m0/s1. The Kier molecular flexibility index (Phi) is 2.77. The third kappa shape index (κ3) is 1.72. The van der Waals surface area contributed by atoms with Crippen LogP contribution in [0.15, 0.2) is 24.4 Å². The van der Waals surface area contributed by atoms with Crippen LogP contribution in [-0.4, -0.2) is 41.0 Å². The minimum absolute atomic E-state index is 0.107. The molecule has 100 valence electrons. The fourth-order valence-electron chi connectivity index (χ4n) is 3.11. The minimum atomic E-state index is -0.496. The number of esters is 1. The van der Waals surface area contributed by atoms with Gasteiger partial charge in [0.2, 0.25) is 0 Å². The predicted octanol–water partition coefficient (Wildman–Crippen LogP) is 1.25. The van der Waals surface area contributed by atoms with Crippen molar-refractivity contribution in [3.63, 3.8) is 0 Å². The first kappa shape index (κ1) is 12.1. The number of aromatic nitrogens is 1. The number of rotatable bonds is 1.